The van der Waals surface area contributed by atoms with Gasteiger partial charge in [0.25, 0.3) is 0 Å². The summed E-state index contributed by atoms with van der Waals surface area (Å²) < 4.78 is 32.3. The number of hydrogen-bond acceptors (Lipinski definition) is 1. The molecule has 0 spiro atoms. The number of hydrogen-bond donors (Lipinski definition) is 0. The Labute approximate surface area is 120 Å². The van der Waals surface area contributed by atoms with Crippen LogP contribution in [0.5, 0.6) is 11.5 Å². The molecule has 0 radical (unpaired) electrons. The summed E-state index contributed by atoms with van der Waals surface area (Å²) in [6.45, 7) is 0. The molecule has 0 aromatic heterocycles. The Hall–Kier alpha value is -0.940. The highest BCUT2D eigenvalue weighted by Gasteiger charge is 2.07. The van der Waals surface area contributed by atoms with E-state index in [-0.39, 0.29) is 5.82 Å². The zero-order chi connectivity index (χ0) is 13.1. The highest BCUT2D eigenvalue weighted by molar-refractivity contribution is 9.10. The summed E-state index contributed by atoms with van der Waals surface area (Å²) in [6, 6.07) is 8.66. The first-order valence-electron chi connectivity index (χ1n) is 5.07. The van der Waals surface area contributed by atoms with Gasteiger partial charge >= 0.3 is 0 Å². The fraction of sp³-hybridized carbons (Fsp3) is 0.0769. The molecule has 0 bridgehead atoms. The average Bonchev–Trinajstić information content (AvgIpc) is 2.36. The maximum atomic E-state index is 13.3. The van der Waals surface area contributed by atoms with E-state index in [4.69, 9.17) is 4.74 Å². The lowest BCUT2D eigenvalue weighted by Crippen LogP contribution is -1.91. The molecule has 94 valence electrons. The van der Waals surface area contributed by atoms with E-state index < -0.39 is 5.82 Å². The van der Waals surface area contributed by atoms with Crippen LogP contribution in [0.3, 0.4) is 0 Å². The highest BCUT2D eigenvalue weighted by Crippen LogP contribution is 2.29. The van der Waals surface area contributed by atoms with Crippen LogP contribution in [0.1, 0.15) is 5.56 Å². The average molecular weight is 378 g/mol. The Balaban J connectivity index is 2.30. The van der Waals surface area contributed by atoms with Crippen LogP contribution in [0.2, 0.25) is 0 Å². The maximum absolute atomic E-state index is 13.3. The van der Waals surface area contributed by atoms with Crippen molar-refractivity contribution in [2.45, 2.75) is 5.33 Å². The second kappa shape index (κ2) is 5.80. The van der Waals surface area contributed by atoms with Crippen molar-refractivity contribution in [2.75, 3.05) is 0 Å². The fourth-order valence-electron chi connectivity index (χ4n) is 1.42. The lowest BCUT2D eigenvalue weighted by molar-refractivity contribution is 0.470. The van der Waals surface area contributed by atoms with Crippen molar-refractivity contribution in [3.05, 3.63) is 58.1 Å². The molecular formula is C13H8Br2F2O. The van der Waals surface area contributed by atoms with Crippen LogP contribution < -0.4 is 4.74 Å². The molecule has 2 rings (SSSR count). The summed E-state index contributed by atoms with van der Waals surface area (Å²) in [4.78, 5) is 0. The van der Waals surface area contributed by atoms with Gasteiger partial charge in [-0.3, -0.25) is 0 Å². The maximum Gasteiger partial charge on any atom is 0.141 e. The van der Waals surface area contributed by atoms with Crippen LogP contribution >= 0.6 is 31.9 Å². The van der Waals surface area contributed by atoms with Gasteiger partial charge in [0, 0.05) is 17.0 Å². The molecular weight excluding hydrogens is 370 g/mol. The zero-order valence-corrected chi connectivity index (χ0v) is 12.3. The summed E-state index contributed by atoms with van der Waals surface area (Å²) in [5.41, 5.74) is 0.665. The number of ether oxygens (including phenoxy) is 1. The van der Waals surface area contributed by atoms with Gasteiger partial charge in [-0.1, -0.05) is 15.9 Å². The SMILES string of the molecule is Fc1ccc(Oc2ccc(Br)c(F)c2)c(CBr)c1. The van der Waals surface area contributed by atoms with Gasteiger partial charge in [0.15, 0.2) is 0 Å². The molecule has 0 unspecified atom stereocenters. The minimum absolute atomic E-state index is 0.334. The van der Waals surface area contributed by atoms with Gasteiger partial charge in [-0.15, -0.1) is 0 Å². The Morgan fingerprint density at radius 2 is 1.83 bits per heavy atom. The van der Waals surface area contributed by atoms with E-state index in [9.17, 15) is 8.78 Å². The van der Waals surface area contributed by atoms with Crippen molar-refractivity contribution in [1.82, 2.24) is 0 Å². The molecule has 0 amide bonds. The van der Waals surface area contributed by atoms with E-state index in [1.807, 2.05) is 0 Å². The number of rotatable bonds is 3. The predicted octanol–water partition coefficient (Wildman–Crippen LogP) is 5.41. The number of halogens is 4. The molecule has 0 aliphatic rings. The molecule has 0 fully saturated rings. The second-order valence-corrected chi connectivity index (χ2v) is 4.98. The van der Waals surface area contributed by atoms with Gasteiger partial charge < -0.3 is 4.74 Å². The zero-order valence-electron chi connectivity index (χ0n) is 9.09. The number of benzene rings is 2. The molecule has 0 N–H and O–H groups in total. The first-order chi connectivity index (χ1) is 8.60. The molecule has 5 heteroatoms. The normalized spacial score (nSPS) is 10.4. The van der Waals surface area contributed by atoms with Crippen LogP contribution in [0.4, 0.5) is 8.78 Å². The van der Waals surface area contributed by atoms with Crippen LogP contribution in [0.25, 0.3) is 0 Å². The standard InChI is InChI=1S/C13H8Br2F2O/c14-7-8-5-9(16)1-4-13(8)18-10-2-3-11(15)12(17)6-10/h1-6H,7H2. The molecule has 2 aromatic carbocycles. The van der Waals surface area contributed by atoms with Gasteiger partial charge in [-0.2, -0.15) is 0 Å². The monoisotopic (exact) mass is 376 g/mol. The van der Waals surface area contributed by atoms with Crippen LogP contribution in [0.15, 0.2) is 40.9 Å². The molecule has 0 saturated heterocycles. The summed E-state index contributed by atoms with van der Waals surface area (Å²) in [5, 5.41) is 0.457. The van der Waals surface area contributed by atoms with Crippen molar-refractivity contribution in [1.29, 1.82) is 0 Å². The largest absolute Gasteiger partial charge is 0.457 e. The van der Waals surface area contributed by atoms with Gasteiger partial charge in [0.2, 0.25) is 0 Å². The minimum Gasteiger partial charge on any atom is -0.457 e. The van der Waals surface area contributed by atoms with E-state index in [0.717, 1.165) is 0 Å². The molecule has 0 heterocycles. The Bertz CT molecular complexity index is 573. The van der Waals surface area contributed by atoms with Crippen LogP contribution in [-0.4, -0.2) is 0 Å². The van der Waals surface area contributed by atoms with Gasteiger partial charge in [0.1, 0.15) is 23.1 Å². The van der Waals surface area contributed by atoms with Crippen molar-refractivity contribution >= 4 is 31.9 Å². The lowest BCUT2D eigenvalue weighted by Gasteiger charge is -2.10. The van der Waals surface area contributed by atoms with Crippen molar-refractivity contribution in [3.63, 3.8) is 0 Å². The highest BCUT2D eigenvalue weighted by atomic mass is 79.9. The Kier molecular flexibility index (Phi) is 4.35. The third-order valence-electron chi connectivity index (χ3n) is 2.29. The Morgan fingerprint density at radius 3 is 2.50 bits per heavy atom. The summed E-state index contributed by atoms with van der Waals surface area (Å²) in [7, 11) is 0. The summed E-state index contributed by atoms with van der Waals surface area (Å²) in [6.07, 6.45) is 0. The quantitative estimate of drug-likeness (QED) is 0.649. The molecule has 0 aliphatic heterocycles. The van der Waals surface area contributed by atoms with E-state index >= 15 is 0 Å². The van der Waals surface area contributed by atoms with E-state index in [1.54, 1.807) is 12.1 Å². The van der Waals surface area contributed by atoms with Crippen molar-refractivity contribution in [3.8, 4) is 11.5 Å². The smallest absolute Gasteiger partial charge is 0.141 e. The molecule has 0 aliphatic carbocycles. The molecule has 0 atom stereocenters. The number of alkyl halides is 1. The first-order valence-corrected chi connectivity index (χ1v) is 6.99. The second-order valence-electron chi connectivity index (χ2n) is 3.56. The van der Waals surface area contributed by atoms with Crippen LogP contribution in [0, 0.1) is 11.6 Å². The lowest BCUT2D eigenvalue weighted by atomic mass is 10.2. The molecule has 0 saturated carbocycles. The fourth-order valence-corrected chi connectivity index (χ4v) is 2.10. The molecule has 18 heavy (non-hydrogen) atoms. The third kappa shape index (κ3) is 3.09. The van der Waals surface area contributed by atoms with E-state index in [2.05, 4.69) is 31.9 Å². The minimum atomic E-state index is -0.407. The van der Waals surface area contributed by atoms with Gasteiger partial charge in [-0.25, -0.2) is 8.78 Å². The van der Waals surface area contributed by atoms with Gasteiger partial charge in [-0.05, 0) is 46.3 Å². The van der Waals surface area contributed by atoms with Crippen molar-refractivity contribution < 1.29 is 13.5 Å². The first kappa shape index (κ1) is 13.5. The third-order valence-corrected chi connectivity index (χ3v) is 3.53. The van der Waals surface area contributed by atoms with Crippen LogP contribution in [-0.2, 0) is 5.33 Å². The summed E-state index contributed by atoms with van der Waals surface area (Å²) in [5.74, 6) is 0.119. The Morgan fingerprint density at radius 1 is 1.06 bits per heavy atom. The summed E-state index contributed by atoms with van der Waals surface area (Å²) >= 11 is 6.32. The van der Waals surface area contributed by atoms with Crippen molar-refractivity contribution in [2.24, 2.45) is 0 Å². The van der Waals surface area contributed by atoms with Gasteiger partial charge in [0.05, 0.1) is 4.47 Å². The van der Waals surface area contributed by atoms with E-state index in [0.29, 0.717) is 26.9 Å². The van der Waals surface area contributed by atoms with E-state index in [1.165, 1.54) is 24.3 Å². The molecule has 2 aromatic rings. The molecule has 1 nitrogen and oxygen atoms in total. The predicted molar refractivity (Wildman–Crippen MR) is 73.2 cm³/mol. The topological polar surface area (TPSA) is 9.23 Å².